The van der Waals surface area contributed by atoms with Gasteiger partial charge < -0.3 is 9.47 Å². The molecule has 0 spiro atoms. The van der Waals surface area contributed by atoms with Gasteiger partial charge in [-0.15, -0.1) is 0 Å². The van der Waals surface area contributed by atoms with Gasteiger partial charge in [0.2, 0.25) is 0 Å². The predicted octanol–water partition coefficient (Wildman–Crippen LogP) is 2.87. The van der Waals surface area contributed by atoms with Crippen molar-refractivity contribution in [1.82, 2.24) is 19.4 Å². The molecule has 0 aromatic carbocycles. The van der Waals surface area contributed by atoms with E-state index >= 15 is 0 Å². The summed E-state index contributed by atoms with van der Waals surface area (Å²) in [6, 6.07) is 9.06. The zero-order valence-corrected chi connectivity index (χ0v) is 15.2. The molecule has 1 aliphatic heterocycles. The normalized spacial score (nSPS) is 16.2. The summed E-state index contributed by atoms with van der Waals surface area (Å²) < 4.78 is 2.03. The molecule has 5 heteroatoms. The Morgan fingerprint density at radius 3 is 2.64 bits per heavy atom. The molecule has 0 bridgehead atoms. The van der Waals surface area contributed by atoms with E-state index in [4.69, 9.17) is 0 Å². The van der Waals surface area contributed by atoms with Crippen molar-refractivity contribution in [2.24, 2.45) is 0 Å². The molecular formula is C20H27N5. The van der Waals surface area contributed by atoms with Gasteiger partial charge in [-0.05, 0) is 63.2 Å². The highest BCUT2D eigenvalue weighted by Gasteiger charge is 2.24. The monoisotopic (exact) mass is 337 g/mol. The Kier molecular flexibility index (Phi) is 5.85. The Morgan fingerprint density at radius 1 is 1.28 bits per heavy atom. The SMILES string of the molecule is CCn1cc(CN(Cc2cccnc2)C2CCN(C)CC2)cc1C#N. The first kappa shape index (κ1) is 17.7. The molecule has 0 amide bonds. The van der Waals surface area contributed by atoms with E-state index in [1.165, 1.54) is 24.0 Å². The molecule has 0 atom stereocenters. The summed E-state index contributed by atoms with van der Waals surface area (Å²) in [7, 11) is 2.20. The Bertz CT molecular complexity index is 707. The maximum absolute atomic E-state index is 9.31. The molecule has 2 aromatic heterocycles. The lowest BCUT2D eigenvalue weighted by Gasteiger charge is -2.37. The second-order valence-electron chi connectivity index (χ2n) is 6.93. The molecule has 132 valence electrons. The van der Waals surface area contributed by atoms with Gasteiger partial charge in [-0.25, -0.2) is 0 Å². The zero-order valence-electron chi connectivity index (χ0n) is 15.2. The average molecular weight is 337 g/mol. The Balaban J connectivity index is 1.78. The lowest BCUT2D eigenvalue weighted by Crippen LogP contribution is -2.43. The Labute approximate surface area is 150 Å². The summed E-state index contributed by atoms with van der Waals surface area (Å²) in [5.41, 5.74) is 3.22. The van der Waals surface area contributed by atoms with Crippen molar-refractivity contribution < 1.29 is 0 Å². The van der Waals surface area contributed by atoms with Crippen LogP contribution in [0.25, 0.3) is 0 Å². The lowest BCUT2D eigenvalue weighted by atomic mass is 10.0. The molecule has 1 fully saturated rings. The third-order valence-corrected chi connectivity index (χ3v) is 5.11. The molecule has 0 aliphatic carbocycles. The van der Waals surface area contributed by atoms with Crippen LogP contribution in [0.4, 0.5) is 0 Å². The van der Waals surface area contributed by atoms with Crippen LogP contribution in [0.15, 0.2) is 36.8 Å². The van der Waals surface area contributed by atoms with Gasteiger partial charge in [0, 0.05) is 44.3 Å². The van der Waals surface area contributed by atoms with Crippen LogP contribution in [0.1, 0.15) is 36.6 Å². The van der Waals surface area contributed by atoms with Gasteiger partial charge in [0.15, 0.2) is 0 Å². The van der Waals surface area contributed by atoms with Gasteiger partial charge in [0.05, 0.1) is 0 Å². The lowest BCUT2D eigenvalue weighted by molar-refractivity contribution is 0.108. The van der Waals surface area contributed by atoms with Gasteiger partial charge in [-0.2, -0.15) is 5.26 Å². The second kappa shape index (κ2) is 8.28. The topological polar surface area (TPSA) is 48.1 Å². The first-order valence-corrected chi connectivity index (χ1v) is 9.10. The number of hydrogen-bond acceptors (Lipinski definition) is 4. The molecule has 0 N–H and O–H groups in total. The van der Waals surface area contributed by atoms with E-state index in [2.05, 4.69) is 47.1 Å². The molecule has 25 heavy (non-hydrogen) atoms. The van der Waals surface area contributed by atoms with Crippen LogP contribution >= 0.6 is 0 Å². The third-order valence-electron chi connectivity index (χ3n) is 5.11. The molecule has 1 saturated heterocycles. The molecule has 1 aliphatic rings. The number of nitriles is 1. The largest absolute Gasteiger partial charge is 0.339 e. The second-order valence-corrected chi connectivity index (χ2v) is 6.93. The van der Waals surface area contributed by atoms with Crippen LogP contribution in [0.5, 0.6) is 0 Å². The molecule has 2 aromatic rings. The van der Waals surface area contributed by atoms with E-state index in [0.29, 0.717) is 6.04 Å². The standard InChI is InChI=1S/C20H27N5/c1-3-24-15-18(11-20(24)12-21)16-25(14-17-5-4-8-22-13-17)19-6-9-23(2)10-7-19/h4-5,8,11,13,15,19H,3,6-7,9-10,14,16H2,1-2H3. The van der Waals surface area contributed by atoms with Crippen LogP contribution in [-0.2, 0) is 19.6 Å². The van der Waals surface area contributed by atoms with Crippen molar-refractivity contribution in [3.8, 4) is 6.07 Å². The van der Waals surface area contributed by atoms with Gasteiger partial charge >= 0.3 is 0 Å². The number of aromatic nitrogens is 2. The number of rotatable bonds is 6. The fraction of sp³-hybridized carbons (Fsp3) is 0.500. The first-order chi connectivity index (χ1) is 12.2. The number of pyridine rings is 1. The summed E-state index contributed by atoms with van der Waals surface area (Å²) in [4.78, 5) is 9.22. The van der Waals surface area contributed by atoms with Crippen LogP contribution < -0.4 is 0 Å². The molecule has 0 radical (unpaired) electrons. The number of aryl methyl sites for hydroxylation is 1. The fourth-order valence-electron chi connectivity index (χ4n) is 3.64. The number of piperidine rings is 1. The number of nitrogens with zero attached hydrogens (tertiary/aromatic N) is 5. The summed E-state index contributed by atoms with van der Waals surface area (Å²) >= 11 is 0. The minimum atomic E-state index is 0.576. The third kappa shape index (κ3) is 4.47. The van der Waals surface area contributed by atoms with E-state index in [1.54, 1.807) is 0 Å². The highest BCUT2D eigenvalue weighted by molar-refractivity contribution is 5.28. The Morgan fingerprint density at radius 2 is 2.04 bits per heavy atom. The highest BCUT2D eigenvalue weighted by Crippen LogP contribution is 2.21. The van der Waals surface area contributed by atoms with Crippen molar-refractivity contribution in [1.29, 1.82) is 5.26 Å². The van der Waals surface area contributed by atoms with Crippen molar-refractivity contribution in [2.75, 3.05) is 20.1 Å². The van der Waals surface area contributed by atoms with Crippen LogP contribution in [0.2, 0.25) is 0 Å². The van der Waals surface area contributed by atoms with Crippen LogP contribution in [0, 0.1) is 11.3 Å². The minimum Gasteiger partial charge on any atom is -0.339 e. The summed E-state index contributed by atoms with van der Waals surface area (Å²) in [5, 5.41) is 9.31. The summed E-state index contributed by atoms with van der Waals surface area (Å²) in [6.45, 7) is 6.99. The van der Waals surface area contributed by atoms with Crippen molar-refractivity contribution in [3.63, 3.8) is 0 Å². The maximum Gasteiger partial charge on any atom is 0.120 e. The molecule has 3 rings (SSSR count). The van der Waals surface area contributed by atoms with E-state index in [-0.39, 0.29) is 0 Å². The Hall–Kier alpha value is -2.16. The predicted molar refractivity (Wildman–Crippen MR) is 98.8 cm³/mol. The quantitative estimate of drug-likeness (QED) is 0.813. The van der Waals surface area contributed by atoms with Crippen LogP contribution in [-0.4, -0.2) is 45.5 Å². The molecule has 0 unspecified atom stereocenters. The zero-order chi connectivity index (χ0) is 17.6. The average Bonchev–Trinajstić information content (AvgIpc) is 3.05. The van der Waals surface area contributed by atoms with Crippen molar-refractivity contribution in [3.05, 3.63) is 53.6 Å². The van der Waals surface area contributed by atoms with Gasteiger partial charge in [-0.3, -0.25) is 9.88 Å². The van der Waals surface area contributed by atoms with Crippen molar-refractivity contribution >= 4 is 0 Å². The minimum absolute atomic E-state index is 0.576. The number of hydrogen-bond donors (Lipinski definition) is 0. The van der Waals surface area contributed by atoms with Crippen LogP contribution in [0.3, 0.4) is 0 Å². The van der Waals surface area contributed by atoms with E-state index in [0.717, 1.165) is 38.4 Å². The molecule has 3 heterocycles. The summed E-state index contributed by atoms with van der Waals surface area (Å²) in [5.74, 6) is 0. The van der Waals surface area contributed by atoms with E-state index in [9.17, 15) is 5.26 Å². The summed E-state index contributed by atoms with van der Waals surface area (Å²) in [6.07, 6.45) is 8.29. The van der Waals surface area contributed by atoms with Gasteiger partial charge in [-0.1, -0.05) is 6.07 Å². The van der Waals surface area contributed by atoms with Gasteiger partial charge in [0.25, 0.3) is 0 Å². The molecule has 5 nitrogen and oxygen atoms in total. The van der Waals surface area contributed by atoms with E-state index in [1.807, 2.05) is 29.1 Å². The van der Waals surface area contributed by atoms with Crippen molar-refractivity contribution in [2.45, 2.75) is 45.4 Å². The highest BCUT2D eigenvalue weighted by atomic mass is 15.2. The molecule has 0 saturated carbocycles. The van der Waals surface area contributed by atoms with Gasteiger partial charge in [0.1, 0.15) is 11.8 Å². The number of likely N-dealkylation sites (tertiary alicyclic amines) is 1. The maximum atomic E-state index is 9.31. The fourth-order valence-corrected chi connectivity index (χ4v) is 3.64. The van der Waals surface area contributed by atoms with E-state index < -0.39 is 0 Å². The smallest absolute Gasteiger partial charge is 0.120 e. The first-order valence-electron chi connectivity index (χ1n) is 9.10. The molecular weight excluding hydrogens is 310 g/mol.